The molecule has 0 unspecified atom stereocenters. The lowest BCUT2D eigenvalue weighted by Crippen LogP contribution is -2.34. The van der Waals surface area contributed by atoms with Crippen molar-refractivity contribution in [2.45, 2.75) is 26.9 Å². The van der Waals surface area contributed by atoms with Crippen LogP contribution < -0.4 is 5.32 Å². The van der Waals surface area contributed by atoms with Gasteiger partial charge in [-0.25, -0.2) is 9.59 Å². The first-order valence-electron chi connectivity index (χ1n) is 6.79. The third-order valence-corrected chi connectivity index (χ3v) is 3.03. The minimum absolute atomic E-state index is 0.121. The first-order valence-corrected chi connectivity index (χ1v) is 6.79. The Morgan fingerprint density at radius 1 is 1.38 bits per heavy atom. The normalized spacial score (nSPS) is 10.5. The SMILES string of the molecule is Cc1c(NC(=O)N(C)CCOC(C)C)cccc1C(=O)O. The highest BCUT2D eigenvalue weighted by Gasteiger charge is 2.14. The largest absolute Gasteiger partial charge is 0.478 e. The molecule has 0 saturated heterocycles. The van der Waals surface area contributed by atoms with Crippen molar-refractivity contribution < 1.29 is 19.4 Å². The monoisotopic (exact) mass is 294 g/mol. The fraction of sp³-hybridized carbons (Fsp3) is 0.467. The molecule has 21 heavy (non-hydrogen) atoms. The van der Waals surface area contributed by atoms with Crippen molar-refractivity contribution in [2.24, 2.45) is 0 Å². The van der Waals surface area contributed by atoms with E-state index in [0.29, 0.717) is 24.4 Å². The molecular formula is C15H22N2O4. The van der Waals surface area contributed by atoms with Crippen molar-refractivity contribution in [3.8, 4) is 0 Å². The van der Waals surface area contributed by atoms with Crippen LogP contribution in [0.1, 0.15) is 29.8 Å². The summed E-state index contributed by atoms with van der Waals surface area (Å²) in [5.74, 6) is -1.01. The summed E-state index contributed by atoms with van der Waals surface area (Å²) in [5.41, 5.74) is 1.21. The van der Waals surface area contributed by atoms with Crippen LogP contribution in [0.25, 0.3) is 0 Å². The van der Waals surface area contributed by atoms with Crippen LogP contribution in [0, 0.1) is 6.92 Å². The number of nitrogens with one attached hydrogen (secondary N) is 1. The van der Waals surface area contributed by atoms with Crippen molar-refractivity contribution >= 4 is 17.7 Å². The van der Waals surface area contributed by atoms with Gasteiger partial charge >= 0.3 is 12.0 Å². The third kappa shape index (κ3) is 5.07. The summed E-state index contributed by atoms with van der Waals surface area (Å²) in [5, 5.41) is 11.8. The van der Waals surface area contributed by atoms with Crippen LogP contribution in [0.3, 0.4) is 0 Å². The summed E-state index contributed by atoms with van der Waals surface area (Å²) in [6.07, 6.45) is 0.121. The molecule has 0 atom stereocenters. The Labute approximate surface area is 124 Å². The number of rotatable bonds is 6. The second kappa shape index (κ2) is 7.64. The summed E-state index contributed by atoms with van der Waals surface area (Å²) < 4.78 is 5.39. The molecule has 0 saturated carbocycles. The van der Waals surface area contributed by atoms with E-state index in [-0.39, 0.29) is 17.7 Å². The maximum Gasteiger partial charge on any atom is 0.336 e. The molecule has 2 N–H and O–H groups in total. The summed E-state index contributed by atoms with van der Waals surface area (Å²) >= 11 is 0. The molecule has 0 heterocycles. The molecule has 0 aliphatic heterocycles. The Balaban J connectivity index is 2.66. The molecule has 0 fully saturated rings. The number of anilines is 1. The highest BCUT2D eigenvalue weighted by Crippen LogP contribution is 2.19. The molecular weight excluding hydrogens is 272 g/mol. The molecule has 116 valence electrons. The molecule has 0 aliphatic carbocycles. The van der Waals surface area contributed by atoms with Gasteiger partial charge in [-0.2, -0.15) is 0 Å². The number of likely N-dealkylation sites (N-methyl/N-ethyl adjacent to an activating group) is 1. The number of benzene rings is 1. The maximum atomic E-state index is 12.0. The zero-order valence-electron chi connectivity index (χ0n) is 12.8. The number of carbonyl (C=O) groups excluding carboxylic acids is 1. The Morgan fingerprint density at radius 3 is 2.62 bits per heavy atom. The van der Waals surface area contributed by atoms with Crippen LogP contribution in [0.5, 0.6) is 0 Å². The lowest BCUT2D eigenvalue weighted by molar-refractivity contribution is 0.0690. The lowest BCUT2D eigenvalue weighted by atomic mass is 10.1. The number of nitrogens with zero attached hydrogens (tertiary/aromatic N) is 1. The van der Waals surface area contributed by atoms with Gasteiger partial charge in [-0.05, 0) is 38.5 Å². The Morgan fingerprint density at radius 2 is 2.05 bits per heavy atom. The van der Waals surface area contributed by atoms with Crippen molar-refractivity contribution in [1.29, 1.82) is 0 Å². The summed E-state index contributed by atoms with van der Waals surface area (Å²) in [4.78, 5) is 24.6. The zero-order chi connectivity index (χ0) is 16.0. The van der Waals surface area contributed by atoms with E-state index in [4.69, 9.17) is 9.84 Å². The average molecular weight is 294 g/mol. The lowest BCUT2D eigenvalue weighted by Gasteiger charge is -2.19. The number of amides is 2. The number of urea groups is 1. The number of carbonyl (C=O) groups is 2. The van der Waals surface area contributed by atoms with Crippen molar-refractivity contribution in [3.05, 3.63) is 29.3 Å². The summed E-state index contributed by atoms with van der Waals surface area (Å²) in [6.45, 7) is 6.44. The van der Waals surface area contributed by atoms with Crippen LogP contribution >= 0.6 is 0 Å². The topological polar surface area (TPSA) is 78.9 Å². The van der Waals surface area contributed by atoms with Crippen molar-refractivity contribution in [2.75, 3.05) is 25.5 Å². The fourth-order valence-electron chi connectivity index (χ4n) is 1.74. The quantitative estimate of drug-likeness (QED) is 0.845. The van der Waals surface area contributed by atoms with Gasteiger partial charge in [0, 0.05) is 19.3 Å². The predicted molar refractivity (Wildman–Crippen MR) is 80.9 cm³/mol. The van der Waals surface area contributed by atoms with E-state index in [9.17, 15) is 9.59 Å². The minimum Gasteiger partial charge on any atom is -0.478 e. The first kappa shape index (κ1) is 17.0. The highest BCUT2D eigenvalue weighted by molar-refractivity contribution is 5.95. The standard InChI is InChI=1S/C15H22N2O4/c1-10(2)21-9-8-17(4)15(20)16-13-7-5-6-12(11(13)3)14(18)19/h5-7,10H,8-9H2,1-4H3,(H,16,20)(H,18,19). The van der Waals surface area contributed by atoms with Gasteiger partial charge in [0.05, 0.1) is 18.3 Å². The van der Waals surface area contributed by atoms with E-state index in [2.05, 4.69) is 5.32 Å². The molecule has 0 aromatic heterocycles. The molecule has 0 aliphatic rings. The molecule has 6 heteroatoms. The molecule has 0 spiro atoms. The Hall–Kier alpha value is -2.08. The Kier molecular flexibility index (Phi) is 6.17. The molecule has 1 aromatic carbocycles. The van der Waals surface area contributed by atoms with Gasteiger partial charge in [-0.1, -0.05) is 6.07 Å². The van der Waals surface area contributed by atoms with E-state index < -0.39 is 5.97 Å². The molecule has 1 rings (SSSR count). The van der Waals surface area contributed by atoms with Crippen LogP contribution in [-0.2, 0) is 4.74 Å². The minimum atomic E-state index is -1.01. The fourth-order valence-corrected chi connectivity index (χ4v) is 1.74. The second-order valence-electron chi connectivity index (χ2n) is 5.05. The number of aromatic carboxylic acids is 1. The smallest absolute Gasteiger partial charge is 0.336 e. The van der Waals surface area contributed by atoms with E-state index in [1.807, 2.05) is 13.8 Å². The van der Waals surface area contributed by atoms with Gasteiger partial charge in [0.25, 0.3) is 0 Å². The van der Waals surface area contributed by atoms with E-state index >= 15 is 0 Å². The van der Waals surface area contributed by atoms with Gasteiger partial charge in [0.1, 0.15) is 0 Å². The van der Waals surface area contributed by atoms with Crippen LogP contribution in [0.4, 0.5) is 10.5 Å². The van der Waals surface area contributed by atoms with Crippen LogP contribution in [0.15, 0.2) is 18.2 Å². The maximum absolute atomic E-state index is 12.0. The number of carboxylic acids is 1. The average Bonchev–Trinajstić information content (AvgIpc) is 2.40. The van der Waals surface area contributed by atoms with Gasteiger partial charge in [0.2, 0.25) is 0 Å². The van der Waals surface area contributed by atoms with Crippen LogP contribution in [0.2, 0.25) is 0 Å². The summed E-state index contributed by atoms with van der Waals surface area (Å²) in [6, 6.07) is 4.49. The van der Waals surface area contributed by atoms with Crippen LogP contribution in [-0.4, -0.2) is 48.3 Å². The predicted octanol–water partition coefficient (Wildman–Crippen LogP) is 2.58. The van der Waals surface area contributed by atoms with Crippen molar-refractivity contribution in [3.63, 3.8) is 0 Å². The zero-order valence-corrected chi connectivity index (χ0v) is 12.8. The number of hydrogen-bond acceptors (Lipinski definition) is 3. The number of hydrogen-bond donors (Lipinski definition) is 2. The molecule has 1 aromatic rings. The molecule has 0 radical (unpaired) electrons. The summed E-state index contributed by atoms with van der Waals surface area (Å²) in [7, 11) is 1.66. The third-order valence-electron chi connectivity index (χ3n) is 3.03. The molecule has 6 nitrogen and oxygen atoms in total. The number of ether oxygens (including phenoxy) is 1. The number of carboxylic acid groups (broad SMARTS) is 1. The first-order chi connectivity index (χ1) is 9.82. The van der Waals surface area contributed by atoms with E-state index in [1.165, 1.54) is 11.0 Å². The Bertz CT molecular complexity index is 514. The van der Waals surface area contributed by atoms with Gasteiger partial charge in [-0.15, -0.1) is 0 Å². The second-order valence-corrected chi connectivity index (χ2v) is 5.05. The van der Waals surface area contributed by atoms with E-state index in [1.54, 1.807) is 26.1 Å². The van der Waals surface area contributed by atoms with Gasteiger partial charge in [0.15, 0.2) is 0 Å². The van der Waals surface area contributed by atoms with Gasteiger partial charge < -0.3 is 20.1 Å². The van der Waals surface area contributed by atoms with E-state index in [0.717, 1.165) is 0 Å². The van der Waals surface area contributed by atoms with Gasteiger partial charge in [-0.3, -0.25) is 0 Å². The highest BCUT2D eigenvalue weighted by atomic mass is 16.5. The molecule has 2 amide bonds. The molecule has 0 bridgehead atoms. The van der Waals surface area contributed by atoms with Crippen molar-refractivity contribution in [1.82, 2.24) is 4.90 Å².